The van der Waals surface area contributed by atoms with Crippen molar-refractivity contribution >= 4 is 11.6 Å². The molecule has 0 aliphatic carbocycles. The number of H-pyrrole nitrogens is 1. The minimum atomic E-state index is -0.961. The molecule has 0 unspecified atom stereocenters. The molecule has 1 aromatic heterocycles. The molecule has 10 heteroatoms. The first-order valence-electron chi connectivity index (χ1n) is 6.67. The summed E-state index contributed by atoms with van der Waals surface area (Å²) in [5.41, 5.74) is -1.51. The number of aromatic amines is 1. The number of nitrogens with zero attached hydrogens (tertiary/aromatic N) is 3. The van der Waals surface area contributed by atoms with Crippen molar-refractivity contribution in [3.8, 4) is 23.2 Å². The molecule has 1 aromatic carbocycles. The Morgan fingerprint density at radius 1 is 1.50 bits per heavy atom. The smallest absolute Gasteiger partial charge is 0.294 e. The summed E-state index contributed by atoms with van der Waals surface area (Å²) >= 11 is 0. The molecular weight excluding hydrogens is 318 g/mol. The number of carbonyl (C=O) groups excluding carboxylic acids is 1. The Labute approximate surface area is 134 Å². The van der Waals surface area contributed by atoms with Gasteiger partial charge in [-0.15, -0.1) is 0 Å². The van der Waals surface area contributed by atoms with E-state index in [0.717, 1.165) is 0 Å². The predicted molar refractivity (Wildman–Crippen MR) is 81.2 cm³/mol. The average molecular weight is 329 g/mol. The van der Waals surface area contributed by atoms with Gasteiger partial charge in [0.2, 0.25) is 5.75 Å². The SMILES string of the molecule is N#CCCNC(=O)c1nc(-c2cccc([N+](=O)[O-])c2)[nH]c(=O)c1O. The van der Waals surface area contributed by atoms with E-state index < -0.39 is 27.8 Å². The number of amides is 1. The summed E-state index contributed by atoms with van der Waals surface area (Å²) in [7, 11) is 0. The average Bonchev–Trinajstić information content (AvgIpc) is 2.57. The van der Waals surface area contributed by atoms with Crippen LogP contribution in [0.3, 0.4) is 0 Å². The number of hydrogen-bond acceptors (Lipinski definition) is 7. The number of nitrogens with one attached hydrogen (secondary N) is 2. The molecule has 10 nitrogen and oxygen atoms in total. The van der Waals surface area contributed by atoms with Gasteiger partial charge in [0, 0.05) is 24.2 Å². The lowest BCUT2D eigenvalue weighted by molar-refractivity contribution is -0.384. The molecular formula is C14H11N5O5. The highest BCUT2D eigenvalue weighted by Gasteiger charge is 2.19. The van der Waals surface area contributed by atoms with Crippen molar-refractivity contribution in [3.63, 3.8) is 0 Å². The maximum absolute atomic E-state index is 11.9. The summed E-state index contributed by atoms with van der Waals surface area (Å²) in [5, 5.41) is 31.3. The number of nitriles is 1. The number of nitro benzene ring substituents is 1. The van der Waals surface area contributed by atoms with E-state index in [2.05, 4.69) is 15.3 Å². The van der Waals surface area contributed by atoms with Crippen molar-refractivity contribution in [1.82, 2.24) is 15.3 Å². The van der Waals surface area contributed by atoms with Crippen LogP contribution in [-0.2, 0) is 0 Å². The van der Waals surface area contributed by atoms with Gasteiger partial charge in [-0.2, -0.15) is 5.26 Å². The first-order chi connectivity index (χ1) is 11.4. The van der Waals surface area contributed by atoms with Gasteiger partial charge in [0.25, 0.3) is 17.2 Å². The van der Waals surface area contributed by atoms with Crippen LogP contribution in [0.4, 0.5) is 5.69 Å². The van der Waals surface area contributed by atoms with E-state index in [0.29, 0.717) is 0 Å². The maximum Gasteiger partial charge on any atom is 0.294 e. The van der Waals surface area contributed by atoms with E-state index in [1.165, 1.54) is 24.3 Å². The van der Waals surface area contributed by atoms with E-state index in [4.69, 9.17) is 5.26 Å². The molecule has 0 fully saturated rings. The number of non-ortho nitro benzene ring substituents is 1. The van der Waals surface area contributed by atoms with Gasteiger partial charge in [0.15, 0.2) is 5.69 Å². The molecule has 0 atom stereocenters. The summed E-state index contributed by atoms with van der Waals surface area (Å²) in [4.78, 5) is 40.0. The van der Waals surface area contributed by atoms with Gasteiger partial charge in [-0.05, 0) is 0 Å². The number of rotatable bonds is 5. The fraction of sp³-hybridized carbons (Fsp3) is 0.143. The first-order valence-corrected chi connectivity index (χ1v) is 6.67. The van der Waals surface area contributed by atoms with E-state index in [1.807, 2.05) is 6.07 Å². The lowest BCUT2D eigenvalue weighted by atomic mass is 10.2. The second-order valence-corrected chi connectivity index (χ2v) is 4.58. The van der Waals surface area contributed by atoms with Crippen molar-refractivity contribution < 1.29 is 14.8 Å². The van der Waals surface area contributed by atoms with Crippen molar-refractivity contribution in [1.29, 1.82) is 5.26 Å². The van der Waals surface area contributed by atoms with Crippen LogP contribution in [0.2, 0.25) is 0 Å². The van der Waals surface area contributed by atoms with E-state index in [-0.39, 0.29) is 30.0 Å². The minimum Gasteiger partial charge on any atom is -0.501 e. The number of nitro groups is 1. The van der Waals surface area contributed by atoms with Crippen molar-refractivity contribution in [2.45, 2.75) is 6.42 Å². The summed E-state index contributed by atoms with van der Waals surface area (Å²) in [5.74, 6) is -1.81. The Balaban J connectivity index is 2.45. The van der Waals surface area contributed by atoms with Gasteiger partial charge >= 0.3 is 0 Å². The molecule has 0 saturated carbocycles. The maximum atomic E-state index is 11.9. The highest BCUT2D eigenvalue weighted by atomic mass is 16.6. The number of aromatic hydroxyl groups is 1. The molecule has 0 radical (unpaired) electrons. The molecule has 122 valence electrons. The molecule has 0 bridgehead atoms. The molecule has 3 N–H and O–H groups in total. The third kappa shape index (κ3) is 3.53. The number of aromatic nitrogens is 2. The lowest BCUT2D eigenvalue weighted by Crippen LogP contribution is -2.27. The highest BCUT2D eigenvalue weighted by Crippen LogP contribution is 2.21. The highest BCUT2D eigenvalue weighted by molar-refractivity contribution is 5.95. The molecule has 2 aromatic rings. The first kappa shape index (κ1) is 16.6. The molecule has 0 aliphatic rings. The zero-order valence-corrected chi connectivity index (χ0v) is 12.1. The summed E-state index contributed by atoms with van der Waals surface area (Å²) in [6, 6.07) is 7.11. The van der Waals surface area contributed by atoms with Gasteiger partial charge in [-0.25, -0.2) is 4.98 Å². The van der Waals surface area contributed by atoms with Crippen LogP contribution in [0.5, 0.6) is 5.75 Å². The largest absolute Gasteiger partial charge is 0.501 e. The van der Waals surface area contributed by atoms with Gasteiger partial charge < -0.3 is 15.4 Å². The fourth-order valence-corrected chi connectivity index (χ4v) is 1.84. The van der Waals surface area contributed by atoms with E-state index in [9.17, 15) is 24.8 Å². The third-order valence-corrected chi connectivity index (χ3v) is 2.96. The van der Waals surface area contributed by atoms with Gasteiger partial charge in [0.05, 0.1) is 17.4 Å². The topological polar surface area (TPSA) is 162 Å². The zero-order chi connectivity index (χ0) is 17.7. The quantitative estimate of drug-likeness (QED) is 0.413. The molecule has 24 heavy (non-hydrogen) atoms. The number of hydrogen-bond donors (Lipinski definition) is 3. The Morgan fingerprint density at radius 2 is 2.25 bits per heavy atom. The van der Waals surface area contributed by atoms with Crippen molar-refractivity contribution in [3.05, 3.63) is 50.4 Å². The number of benzene rings is 1. The van der Waals surface area contributed by atoms with Gasteiger partial charge in [0.1, 0.15) is 5.82 Å². The molecule has 1 heterocycles. The van der Waals surface area contributed by atoms with Gasteiger partial charge in [-0.3, -0.25) is 19.7 Å². The van der Waals surface area contributed by atoms with Crippen LogP contribution >= 0.6 is 0 Å². The van der Waals surface area contributed by atoms with Crippen LogP contribution in [0.1, 0.15) is 16.9 Å². The Hall–Kier alpha value is -3.74. The Kier molecular flexibility index (Phi) is 4.86. The lowest BCUT2D eigenvalue weighted by Gasteiger charge is -2.07. The Bertz CT molecular complexity index is 899. The monoisotopic (exact) mass is 329 g/mol. The normalized spacial score (nSPS) is 9.96. The van der Waals surface area contributed by atoms with E-state index in [1.54, 1.807) is 0 Å². The zero-order valence-electron chi connectivity index (χ0n) is 12.1. The summed E-state index contributed by atoms with van der Waals surface area (Å²) < 4.78 is 0. The fourth-order valence-electron chi connectivity index (χ4n) is 1.84. The Morgan fingerprint density at radius 3 is 2.92 bits per heavy atom. The standard InChI is InChI=1S/C14H11N5O5/c15-5-2-6-16-13(21)10-11(20)14(22)18-12(17-10)8-3-1-4-9(7-8)19(23)24/h1,3-4,7,20H,2,6H2,(H,16,21)(H,17,18,22). The van der Waals surface area contributed by atoms with Crippen molar-refractivity contribution in [2.24, 2.45) is 0 Å². The summed E-state index contributed by atoms with van der Waals surface area (Å²) in [6.07, 6.45) is 0.0490. The van der Waals surface area contributed by atoms with Crippen LogP contribution in [0.25, 0.3) is 11.4 Å². The second-order valence-electron chi connectivity index (χ2n) is 4.58. The molecule has 0 aliphatic heterocycles. The third-order valence-electron chi connectivity index (χ3n) is 2.96. The molecule has 0 spiro atoms. The molecule has 1 amide bonds. The minimum absolute atomic E-state index is 0.0232. The second kappa shape index (κ2) is 7.01. The molecule has 2 rings (SSSR count). The predicted octanol–water partition coefficient (Wildman–Crippen LogP) is 0.694. The molecule has 0 saturated heterocycles. The van der Waals surface area contributed by atoms with Crippen LogP contribution in [-0.4, -0.2) is 32.4 Å². The van der Waals surface area contributed by atoms with E-state index >= 15 is 0 Å². The van der Waals surface area contributed by atoms with Crippen LogP contribution in [0.15, 0.2) is 29.1 Å². The van der Waals surface area contributed by atoms with Gasteiger partial charge in [-0.1, -0.05) is 12.1 Å². The summed E-state index contributed by atoms with van der Waals surface area (Å²) in [6.45, 7) is 0.0232. The van der Waals surface area contributed by atoms with Crippen LogP contribution < -0.4 is 10.9 Å². The number of carbonyl (C=O) groups is 1. The van der Waals surface area contributed by atoms with Crippen LogP contribution in [0, 0.1) is 21.4 Å². The van der Waals surface area contributed by atoms with Crippen molar-refractivity contribution in [2.75, 3.05) is 6.54 Å².